The first kappa shape index (κ1) is 53.5. The molecule has 0 fully saturated rings. The molecular weight excluding hydrogens is 927 g/mol. The molecule has 2 aliphatic rings. The predicted molar refractivity (Wildman–Crippen MR) is 241 cm³/mol. The van der Waals surface area contributed by atoms with Crippen molar-refractivity contribution in [1.29, 1.82) is 0 Å². The second-order valence-corrected chi connectivity index (χ2v) is 22.4. The van der Waals surface area contributed by atoms with Crippen LogP contribution in [0.3, 0.4) is 0 Å². The number of nitrogens with one attached hydrogen (secondary N) is 1. The molecule has 0 spiro atoms. The minimum absolute atomic E-state index is 0.00344. The number of aliphatic carboxylic acids is 1. The van der Waals surface area contributed by atoms with Crippen LogP contribution in [-0.4, -0.2) is 127 Å². The Morgan fingerprint density at radius 3 is 1.97 bits per heavy atom. The molecule has 0 amide bonds. The van der Waals surface area contributed by atoms with Crippen LogP contribution in [-0.2, 0) is 65.5 Å². The van der Waals surface area contributed by atoms with Crippen molar-refractivity contribution in [3.8, 4) is 0 Å². The molecule has 2 unspecified atom stereocenters. The Labute approximate surface area is 382 Å². The fraction of sp³-hybridized carbons (Fsp3) is 0.488. The zero-order valence-electron chi connectivity index (χ0n) is 36.8. The topological polar surface area (TPSA) is 280 Å². The van der Waals surface area contributed by atoms with Gasteiger partial charge in [0.25, 0.3) is 0 Å². The van der Waals surface area contributed by atoms with Crippen molar-refractivity contribution in [3.05, 3.63) is 95.8 Å². The van der Waals surface area contributed by atoms with Crippen LogP contribution in [0, 0.1) is 0 Å². The summed E-state index contributed by atoms with van der Waals surface area (Å²) in [6.45, 7) is 4.79. The van der Waals surface area contributed by atoms with Gasteiger partial charge in [-0.15, -0.1) is 0 Å². The van der Waals surface area contributed by atoms with Gasteiger partial charge >= 0.3 is 5.97 Å². The minimum Gasteiger partial charge on any atom is -0.748 e. The lowest BCUT2D eigenvalue weighted by Crippen LogP contribution is -2.32. The van der Waals surface area contributed by atoms with Gasteiger partial charge in [0.2, 0.25) is 15.7 Å². The van der Waals surface area contributed by atoms with E-state index < -0.39 is 73.6 Å². The van der Waals surface area contributed by atoms with Crippen molar-refractivity contribution in [2.45, 2.75) is 85.8 Å². The van der Waals surface area contributed by atoms with Gasteiger partial charge in [0.1, 0.15) is 16.7 Å². The number of rotatable bonds is 27. The number of hydrogen-bond acceptors (Lipinski definition) is 15. The first-order chi connectivity index (χ1) is 30.4. The summed E-state index contributed by atoms with van der Waals surface area (Å²) in [5, 5.41) is 9.16. The third-order valence-corrected chi connectivity index (χ3v) is 15.4. The monoisotopic (exact) mass is 983 g/mol. The van der Waals surface area contributed by atoms with Gasteiger partial charge in [-0.25, -0.2) is 38.4 Å². The molecule has 0 saturated carbocycles. The highest BCUT2D eigenvalue weighted by molar-refractivity contribution is 7.89. The maximum Gasteiger partial charge on any atom is 0.303 e. The summed E-state index contributed by atoms with van der Waals surface area (Å²) >= 11 is 0. The predicted octanol–water partition coefficient (Wildman–Crippen LogP) is 4.14. The molecule has 0 aromatic heterocycles. The highest BCUT2D eigenvalue weighted by Gasteiger charge is 2.48. The van der Waals surface area contributed by atoms with E-state index in [4.69, 9.17) is 14.6 Å². The summed E-state index contributed by atoms with van der Waals surface area (Å²) < 4.78 is 147. The number of sulfonamides is 1. The van der Waals surface area contributed by atoms with Gasteiger partial charge in [-0.2, -0.15) is 4.58 Å². The van der Waals surface area contributed by atoms with Gasteiger partial charge < -0.3 is 33.1 Å². The second-order valence-electron chi connectivity index (χ2n) is 16.2. The van der Waals surface area contributed by atoms with Crippen LogP contribution in [0.1, 0.15) is 76.3 Å². The number of methoxy groups -OCH3 is 2. The van der Waals surface area contributed by atoms with E-state index in [9.17, 15) is 52.1 Å². The lowest BCUT2D eigenvalue weighted by molar-refractivity contribution is -0.438. The van der Waals surface area contributed by atoms with E-state index in [0.29, 0.717) is 66.3 Å². The highest BCUT2D eigenvalue weighted by Crippen LogP contribution is 2.51. The number of allylic oxidation sites excluding steroid dienone is 8. The Balaban J connectivity index is 1.75. The van der Waals surface area contributed by atoms with E-state index in [1.54, 1.807) is 55.5 Å². The van der Waals surface area contributed by atoms with Crippen molar-refractivity contribution in [1.82, 2.24) is 4.72 Å². The maximum atomic E-state index is 13.3. The molecule has 2 heterocycles. The largest absolute Gasteiger partial charge is 0.748 e. The van der Waals surface area contributed by atoms with E-state index >= 15 is 0 Å². The molecule has 18 nitrogen and oxygen atoms in total. The fourth-order valence-corrected chi connectivity index (χ4v) is 10.9. The van der Waals surface area contributed by atoms with Crippen LogP contribution in [0.2, 0.25) is 0 Å². The molecule has 0 bridgehead atoms. The quantitative estimate of drug-likeness (QED) is 0.0551. The number of anilines is 1. The van der Waals surface area contributed by atoms with Crippen molar-refractivity contribution in [3.63, 3.8) is 0 Å². The molecule has 360 valence electrons. The van der Waals surface area contributed by atoms with Crippen LogP contribution in [0.15, 0.2) is 94.4 Å². The number of hydrogen-bond donors (Lipinski definition) is 2. The molecule has 22 heteroatoms. The Kier molecular flexibility index (Phi) is 18.6. The maximum absolute atomic E-state index is 13.3. The molecular formula is C43H57N3O15S4-2. The van der Waals surface area contributed by atoms with Gasteiger partial charge in [-0.3, -0.25) is 4.79 Å². The Hall–Kier alpha value is -4.10. The zero-order valence-corrected chi connectivity index (χ0v) is 40.1. The molecule has 2 aromatic carbocycles. The molecule has 2 aromatic rings. The summed E-state index contributed by atoms with van der Waals surface area (Å²) in [5.74, 6) is -2.20. The number of carboxylic acids is 1. The minimum atomic E-state index is -4.85. The number of nitrogens with zero attached hydrogens (tertiary/aromatic N) is 2. The number of fused-ring (bicyclic) bond motifs is 2. The average molecular weight is 984 g/mol. The third kappa shape index (κ3) is 14.4. The van der Waals surface area contributed by atoms with Gasteiger partial charge in [0.05, 0.1) is 48.7 Å². The first-order valence-corrected chi connectivity index (χ1v) is 26.9. The summed E-state index contributed by atoms with van der Waals surface area (Å²) in [7, 11) is -15.0. The summed E-state index contributed by atoms with van der Waals surface area (Å²) in [4.78, 5) is 12.6. The van der Waals surface area contributed by atoms with E-state index in [2.05, 4.69) is 4.72 Å². The molecule has 0 saturated heterocycles. The summed E-state index contributed by atoms with van der Waals surface area (Å²) in [6, 6.07) is 8.70. The summed E-state index contributed by atoms with van der Waals surface area (Å²) in [6.07, 6.45) is 14.0. The smallest absolute Gasteiger partial charge is 0.303 e. The van der Waals surface area contributed by atoms with Gasteiger partial charge in [-0.05, 0) is 94.3 Å². The van der Waals surface area contributed by atoms with E-state index in [1.807, 2.05) is 22.5 Å². The molecule has 0 aliphatic carbocycles. The number of carbonyl (C=O) groups is 1. The normalized spacial score (nSPS) is 20.0. The molecule has 4 rings (SSSR count). The van der Waals surface area contributed by atoms with Crippen LogP contribution in [0.25, 0.3) is 0 Å². The standard InChI is InChI=1S/C43H59N3O15S4/c1-42(22-13-29-62(49,50)51)35-31-33(64(55,56)44-24-27-60-3)18-20-37(35)45(25-12-8-11-17-41(47)48)39(42)15-9-6-5-7-10-16-40-43(2,23-14-30-63(52,53)54)36-32-34(65(57,58)59)19-21-38(36)46(40)26-28-61-4/h5-7,9-10,15-16,18-21,31-32,44H,8,11-14,17,22-30H2,1-4H3,(H3-,47,48,49,50,51,52,53,54,57,58,59)/p-2. The Morgan fingerprint density at radius 1 is 0.754 bits per heavy atom. The number of carboxylic acid groups (broad SMARTS) is 1. The van der Waals surface area contributed by atoms with Gasteiger partial charge in [0.15, 0.2) is 5.71 Å². The molecule has 2 atom stereocenters. The van der Waals surface area contributed by atoms with E-state index in [-0.39, 0.29) is 56.8 Å². The number of unbranched alkanes of at least 4 members (excludes halogenated alkanes) is 2. The van der Waals surface area contributed by atoms with Crippen LogP contribution >= 0.6 is 0 Å². The van der Waals surface area contributed by atoms with E-state index in [1.165, 1.54) is 38.5 Å². The van der Waals surface area contributed by atoms with Crippen molar-refractivity contribution in [2.75, 3.05) is 63.5 Å². The lowest BCUT2D eigenvalue weighted by Gasteiger charge is -2.30. The van der Waals surface area contributed by atoms with Gasteiger partial charge in [-0.1, -0.05) is 30.4 Å². The second kappa shape index (κ2) is 22.6. The lowest BCUT2D eigenvalue weighted by atomic mass is 9.76. The van der Waals surface area contributed by atoms with Gasteiger partial charge in [0, 0.05) is 86.2 Å². The molecule has 2 N–H and O–H groups in total. The molecule has 0 radical (unpaired) electrons. The number of ether oxygens (including phenoxy) is 2. The van der Waals surface area contributed by atoms with E-state index in [0.717, 1.165) is 0 Å². The SMILES string of the molecule is COCCNS(=O)(=O)c1ccc2c(c1)C(C)(CCCS(=O)(=O)[O-])C(/C=C/C=C/C=C/C=C1/N(CCOC)c3ccc(S(=O)(=O)[O-])cc3C1(C)CCCS(=O)(=O)[O-])=[N+]2CCCCCC(=O)O. The molecule has 65 heavy (non-hydrogen) atoms. The average Bonchev–Trinajstić information content (AvgIpc) is 3.57. The Morgan fingerprint density at radius 2 is 1.35 bits per heavy atom. The zero-order chi connectivity index (χ0) is 48.3. The van der Waals surface area contributed by atoms with Crippen molar-refractivity contribution in [2.24, 2.45) is 0 Å². The number of benzene rings is 2. The van der Waals surface area contributed by atoms with Crippen LogP contribution in [0.5, 0.6) is 0 Å². The first-order valence-electron chi connectivity index (χ1n) is 20.8. The highest BCUT2D eigenvalue weighted by atomic mass is 32.2. The fourth-order valence-electron chi connectivity index (χ4n) is 8.35. The van der Waals surface area contributed by atoms with Crippen LogP contribution < -0.4 is 9.62 Å². The van der Waals surface area contributed by atoms with Crippen molar-refractivity contribution < 1.29 is 71.3 Å². The van der Waals surface area contributed by atoms with Crippen molar-refractivity contribution >= 4 is 63.4 Å². The van der Waals surface area contributed by atoms with Crippen LogP contribution in [0.4, 0.5) is 11.4 Å². The summed E-state index contributed by atoms with van der Waals surface area (Å²) in [5.41, 5.74) is 1.66. The molecule has 2 aliphatic heterocycles. The Bertz CT molecular complexity index is 2660. The third-order valence-electron chi connectivity index (χ3n) is 11.5.